The fraction of sp³-hybridized carbons (Fsp3) is 0.316. The summed E-state index contributed by atoms with van der Waals surface area (Å²) in [5.41, 5.74) is 4.18. The van der Waals surface area contributed by atoms with Crippen LogP contribution in [0.25, 0.3) is 11.3 Å². The number of aromatic amines is 1. The van der Waals surface area contributed by atoms with Crippen LogP contribution >= 0.6 is 0 Å². The van der Waals surface area contributed by atoms with Crippen LogP contribution in [-0.2, 0) is 6.54 Å². The summed E-state index contributed by atoms with van der Waals surface area (Å²) in [4.78, 5) is 12.3. The summed E-state index contributed by atoms with van der Waals surface area (Å²) < 4.78 is 7.17. The number of amides is 1. The van der Waals surface area contributed by atoms with E-state index in [4.69, 9.17) is 4.74 Å². The van der Waals surface area contributed by atoms with Crippen molar-refractivity contribution in [3.63, 3.8) is 0 Å². The zero-order valence-corrected chi connectivity index (χ0v) is 15.2. The van der Waals surface area contributed by atoms with Gasteiger partial charge in [0.1, 0.15) is 11.4 Å². The maximum atomic E-state index is 12.3. The number of rotatable bonds is 7. The van der Waals surface area contributed by atoms with Gasteiger partial charge in [-0.15, -0.1) is 0 Å². The number of nitrogens with one attached hydrogen (secondary N) is 2. The fourth-order valence-corrected chi connectivity index (χ4v) is 2.80. The van der Waals surface area contributed by atoms with E-state index in [1.807, 2.05) is 48.9 Å². The summed E-state index contributed by atoms with van der Waals surface area (Å²) in [5.74, 6) is 0.584. The van der Waals surface area contributed by atoms with Crippen LogP contribution in [0, 0.1) is 13.8 Å². The lowest BCUT2D eigenvalue weighted by Gasteiger charge is -2.05. The molecule has 0 saturated heterocycles. The first-order valence-corrected chi connectivity index (χ1v) is 8.56. The fourth-order valence-electron chi connectivity index (χ4n) is 2.80. The molecule has 0 aliphatic carbocycles. The van der Waals surface area contributed by atoms with Crippen molar-refractivity contribution in [3.8, 4) is 17.0 Å². The summed E-state index contributed by atoms with van der Waals surface area (Å²) in [6.45, 7) is 5.36. The lowest BCUT2D eigenvalue weighted by Crippen LogP contribution is -2.25. The molecule has 1 amide bonds. The van der Waals surface area contributed by atoms with Crippen molar-refractivity contribution in [2.24, 2.45) is 0 Å². The maximum Gasteiger partial charge on any atom is 0.269 e. The number of methoxy groups -OCH3 is 1. The second-order valence-corrected chi connectivity index (χ2v) is 6.16. The van der Waals surface area contributed by atoms with Crippen molar-refractivity contribution in [2.75, 3.05) is 13.7 Å². The highest BCUT2D eigenvalue weighted by Crippen LogP contribution is 2.22. The van der Waals surface area contributed by atoms with Gasteiger partial charge in [-0.2, -0.15) is 10.2 Å². The Morgan fingerprint density at radius 3 is 2.85 bits per heavy atom. The Morgan fingerprint density at radius 1 is 1.27 bits per heavy atom. The van der Waals surface area contributed by atoms with Crippen LogP contribution in [0.3, 0.4) is 0 Å². The zero-order chi connectivity index (χ0) is 18.5. The average Bonchev–Trinajstić information content (AvgIpc) is 3.25. The molecular weight excluding hydrogens is 330 g/mol. The molecule has 0 atom stereocenters. The molecule has 26 heavy (non-hydrogen) atoms. The number of carbonyl (C=O) groups excluding carboxylic acids is 1. The molecule has 7 heteroatoms. The SMILES string of the molecule is COc1cccc(-c2cc(C(=O)NCCCn3nc(C)cc3C)[nH]n2)c1. The molecule has 2 N–H and O–H groups in total. The topological polar surface area (TPSA) is 84.8 Å². The molecule has 3 aromatic rings. The average molecular weight is 353 g/mol. The van der Waals surface area contributed by atoms with Crippen LogP contribution in [0.5, 0.6) is 5.75 Å². The number of benzene rings is 1. The predicted octanol–water partition coefficient (Wildman–Crippen LogP) is 2.72. The highest BCUT2D eigenvalue weighted by molar-refractivity contribution is 5.93. The molecule has 0 radical (unpaired) electrons. The van der Waals surface area contributed by atoms with Gasteiger partial charge in [-0.25, -0.2) is 0 Å². The van der Waals surface area contributed by atoms with E-state index >= 15 is 0 Å². The first kappa shape index (κ1) is 17.7. The molecule has 136 valence electrons. The monoisotopic (exact) mass is 353 g/mol. The Bertz CT molecular complexity index is 897. The highest BCUT2D eigenvalue weighted by atomic mass is 16.5. The number of hydrogen-bond donors (Lipinski definition) is 2. The van der Waals surface area contributed by atoms with E-state index in [1.54, 1.807) is 13.2 Å². The third kappa shape index (κ3) is 4.11. The van der Waals surface area contributed by atoms with Gasteiger partial charge < -0.3 is 10.1 Å². The van der Waals surface area contributed by atoms with Crippen LogP contribution in [-0.4, -0.2) is 39.5 Å². The number of H-pyrrole nitrogens is 1. The molecule has 0 unspecified atom stereocenters. The van der Waals surface area contributed by atoms with E-state index in [2.05, 4.69) is 20.6 Å². The lowest BCUT2D eigenvalue weighted by molar-refractivity contribution is 0.0947. The molecule has 0 bridgehead atoms. The zero-order valence-electron chi connectivity index (χ0n) is 15.2. The summed E-state index contributed by atoms with van der Waals surface area (Å²) in [7, 11) is 1.62. The van der Waals surface area contributed by atoms with Gasteiger partial charge in [0.15, 0.2) is 0 Å². The molecule has 0 saturated carbocycles. The Hall–Kier alpha value is -3.09. The molecule has 0 aliphatic heterocycles. The minimum Gasteiger partial charge on any atom is -0.497 e. The smallest absolute Gasteiger partial charge is 0.269 e. The molecule has 1 aromatic carbocycles. The molecule has 0 spiro atoms. The first-order chi connectivity index (χ1) is 12.6. The van der Waals surface area contributed by atoms with E-state index in [0.29, 0.717) is 17.9 Å². The summed E-state index contributed by atoms with van der Waals surface area (Å²) in [5, 5.41) is 14.3. The van der Waals surface area contributed by atoms with Crippen LogP contribution in [0.4, 0.5) is 0 Å². The highest BCUT2D eigenvalue weighted by Gasteiger charge is 2.11. The van der Waals surface area contributed by atoms with Gasteiger partial charge in [-0.1, -0.05) is 12.1 Å². The molecular formula is C19H23N5O2. The van der Waals surface area contributed by atoms with Crippen molar-refractivity contribution in [1.82, 2.24) is 25.3 Å². The van der Waals surface area contributed by atoms with E-state index in [0.717, 1.165) is 35.7 Å². The second-order valence-electron chi connectivity index (χ2n) is 6.16. The number of ether oxygens (including phenoxy) is 1. The van der Waals surface area contributed by atoms with E-state index in [-0.39, 0.29) is 5.91 Å². The van der Waals surface area contributed by atoms with Crippen molar-refractivity contribution in [1.29, 1.82) is 0 Å². The molecule has 2 aromatic heterocycles. The molecule has 0 fully saturated rings. The third-order valence-corrected chi connectivity index (χ3v) is 4.12. The third-order valence-electron chi connectivity index (χ3n) is 4.12. The van der Waals surface area contributed by atoms with E-state index in [9.17, 15) is 4.79 Å². The minimum absolute atomic E-state index is 0.167. The van der Waals surface area contributed by atoms with Crippen LogP contribution in [0.2, 0.25) is 0 Å². The largest absolute Gasteiger partial charge is 0.497 e. The van der Waals surface area contributed by atoms with Crippen LogP contribution in [0.1, 0.15) is 28.3 Å². The summed E-state index contributed by atoms with van der Waals surface area (Å²) in [6.07, 6.45) is 0.810. The van der Waals surface area contributed by atoms with Crippen LogP contribution in [0.15, 0.2) is 36.4 Å². The number of hydrogen-bond acceptors (Lipinski definition) is 4. The first-order valence-electron chi connectivity index (χ1n) is 8.56. The number of aryl methyl sites for hydroxylation is 3. The quantitative estimate of drug-likeness (QED) is 0.640. The van der Waals surface area contributed by atoms with E-state index < -0.39 is 0 Å². The van der Waals surface area contributed by atoms with Gasteiger partial charge >= 0.3 is 0 Å². The van der Waals surface area contributed by atoms with Gasteiger partial charge in [-0.3, -0.25) is 14.6 Å². The minimum atomic E-state index is -0.167. The molecule has 7 nitrogen and oxygen atoms in total. The van der Waals surface area contributed by atoms with Gasteiger partial charge in [-0.05, 0) is 44.5 Å². The number of nitrogens with zero attached hydrogens (tertiary/aromatic N) is 3. The molecule has 3 rings (SSSR count). The van der Waals surface area contributed by atoms with Crippen molar-refractivity contribution in [3.05, 3.63) is 53.5 Å². The van der Waals surface area contributed by atoms with Gasteiger partial charge in [0.2, 0.25) is 0 Å². The Morgan fingerprint density at radius 2 is 2.12 bits per heavy atom. The van der Waals surface area contributed by atoms with Gasteiger partial charge in [0.05, 0.1) is 18.5 Å². The second kappa shape index (κ2) is 7.86. The van der Waals surface area contributed by atoms with Gasteiger partial charge in [0.25, 0.3) is 5.91 Å². The normalized spacial score (nSPS) is 10.7. The molecule has 2 heterocycles. The number of aromatic nitrogens is 4. The predicted molar refractivity (Wildman–Crippen MR) is 99.2 cm³/mol. The van der Waals surface area contributed by atoms with Crippen molar-refractivity contribution in [2.45, 2.75) is 26.8 Å². The Kier molecular flexibility index (Phi) is 5.36. The van der Waals surface area contributed by atoms with Crippen molar-refractivity contribution < 1.29 is 9.53 Å². The van der Waals surface area contributed by atoms with Crippen molar-refractivity contribution >= 4 is 5.91 Å². The van der Waals surface area contributed by atoms with E-state index in [1.165, 1.54) is 0 Å². The lowest BCUT2D eigenvalue weighted by atomic mass is 10.1. The molecule has 0 aliphatic rings. The standard InChI is InChI=1S/C19H23N5O2/c1-13-10-14(2)24(23-13)9-5-8-20-19(25)18-12-17(21-22-18)15-6-4-7-16(11-15)26-3/h4,6-7,10-12H,5,8-9H2,1-3H3,(H,20,25)(H,21,22). The maximum absolute atomic E-state index is 12.3. The summed E-state index contributed by atoms with van der Waals surface area (Å²) >= 11 is 0. The Balaban J connectivity index is 1.54. The van der Waals surface area contributed by atoms with Gasteiger partial charge in [0, 0.05) is 24.3 Å². The Labute approximate surface area is 152 Å². The number of carbonyl (C=O) groups is 1. The summed E-state index contributed by atoms with van der Waals surface area (Å²) in [6, 6.07) is 11.4. The van der Waals surface area contributed by atoms with Crippen LogP contribution < -0.4 is 10.1 Å².